The number of hydrogen-bond donors (Lipinski definition) is 0. The second kappa shape index (κ2) is 6.98. The number of rotatable bonds is 6. The number of aliphatic imine (C=N–C) groups is 1. The smallest absolute Gasteiger partial charge is 0.402 e. The van der Waals surface area contributed by atoms with Crippen LogP contribution in [0.4, 0.5) is 10.7 Å². The van der Waals surface area contributed by atoms with E-state index in [2.05, 4.69) is 11.6 Å². The molecule has 0 radical (unpaired) electrons. The van der Waals surface area contributed by atoms with Crippen LogP contribution in [0.3, 0.4) is 0 Å². The van der Waals surface area contributed by atoms with Gasteiger partial charge in [-0.1, -0.05) is 17.6 Å². The lowest BCUT2D eigenvalue weighted by atomic mass is 10.1. The lowest BCUT2D eigenvalue weighted by Crippen LogP contribution is -2.58. The Balaban J connectivity index is 1.97. The van der Waals surface area contributed by atoms with Crippen LogP contribution in [0, 0.1) is 13.8 Å². The average Bonchev–Trinajstić information content (AvgIpc) is 3.12. The van der Waals surface area contributed by atoms with Gasteiger partial charge in [-0.25, -0.2) is 13.9 Å². The number of aromatic nitrogens is 2. The Bertz CT molecular complexity index is 870. The van der Waals surface area contributed by atoms with Crippen LogP contribution < -0.4 is 4.57 Å². The normalized spacial score (nSPS) is 18.4. The second-order valence-corrected chi connectivity index (χ2v) is 6.50. The summed E-state index contributed by atoms with van der Waals surface area (Å²) in [4.78, 5) is 44.5. The quantitative estimate of drug-likeness (QED) is 0.422. The number of amidine groups is 1. The van der Waals surface area contributed by atoms with Gasteiger partial charge in [0, 0.05) is 13.6 Å². The molecule has 2 aliphatic heterocycles. The summed E-state index contributed by atoms with van der Waals surface area (Å²) in [5, 5.41) is 0. The van der Waals surface area contributed by atoms with Crippen LogP contribution in [-0.2, 0) is 20.9 Å². The molecule has 2 aliphatic rings. The highest BCUT2D eigenvalue weighted by molar-refractivity contribution is 6.20. The topological polar surface area (TPSA) is 88.1 Å². The first kappa shape index (κ1) is 18.8. The van der Waals surface area contributed by atoms with Gasteiger partial charge in [-0.3, -0.25) is 19.4 Å². The summed E-state index contributed by atoms with van der Waals surface area (Å²) in [6, 6.07) is -1.20. The summed E-state index contributed by atoms with van der Waals surface area (Å²) in [5.41, 5.74) is 1.88. The average molecular weight is 374 g/mol. The fourth-order valence-corrected chi connectivity index (χ4v) is 3.49. The maximum absolute atomic E-state index is 13.1. The molecular formula is C18H24N5O4+. The zero-order valence-electron chi connectivity index (χ0n) is 16.1. The van der Waals surface area contributed by atoms with E-state index in [0.29, 0.717) is 18.3 Å². The molecule has 1 aromatic heterocycles. The lowest BCUT2D eigenvalue weighted by molar-refractivity contribution is -0.679. The molecular weight excluding hydrogens is 350 g/mol. The van der Waals surface area contributed by atoms with Crippen molar-refractivity contribution < 1.29 is 23.7 Å². The number of amides is 3. The van der Waals surface area contributed by atoms with Crippen LogP contribution >= 0.6 is 0 Å². The lowest BCUT2D eigenvalue weighted by Gasteiger charge is -2.33. The number of carbonyl (C=O) groups excluding carboxylic acids is 3. The van der Waals surface area contributed by atoms with E-state index in [-0.39, 0.29) is 25.5 Å². The van der Waals surface area contributed by atoms with Crippen LogP contribution in [-0.4, -0.2) is 58.3 Å². The molecule has 1 fully saturated rings. The number of fused-ring (bicyclic) bond motifs is 3. The summed E-state index contributed by atoms with van der Waals surface area (Å²) in [7, 11) is 1.59. The van der Waals surface area contributed by atoms with E-state index in [0.717, 1.165) is 16.3 Å². The molecule has 9 nitrogen and oxygen atoms in total. The molecule has 0 aromatic carbocycles. The van der Waals surface area contributed by atoms with Crippen molar-refractivity contribution in [1.29, 1.82) is 0 Å². The van der Waals surface area contributed by atoms with E-state index in [9.17, 15) is 14.4 Å². The van der Waals surface area contributed by atoms with Gasteiger partial charge in [0.1, 0.15) is 11.4 Å². The van der Waals surface area contributed by atoms with Gasteiger partial charge in [-0.05, 0) is 20.8 Å². The molecule has 3 heterocycles. The Morgan fingerprint density at radius 1 is 1.37 bits per heavy atom. The van der Waals surface area contributed by atoms with Gasteiger partial charge in [0.2, 0.25) is 11.9 Å². The molecule has 1 aromatic rings. The summed E-state index contributed by atoms with van der Waals surface area (Å²) >= 11 is 0. The standard InChI is InChI=1S/C18H24N5O4/c1-6-9-21-11(3)12(4)23-14-15(19-17(21)23)20(5)18(26)22(16(14)25)10-8-13(24)27-7-2/h6,14H,1,7-10H2,2-5H3/q+1. The minimum absolute atomic E-state index is 0.0219. The molecule has 9 heteroatoms. The number of nitrogens with zero attached hydrogens (tertiary/aromatic N) is 5. The Morgan fingerprint density at radius 2 is 2.07 bits per heavy atom. The van der Waals surface area contributed by atoms with Crippen molar-refractivity contribution in [1.82, 2.24) is 14.4 Å². The molecule has 0 spiro atoms. The fraction of sp³-hybridized carbons (Fsp3) is 0.500. The minimum Gasteiger partial charge on any atom is -0.466 e. The molecule has 3 rings (SSSR count). The van der Waals surface area contributed by atoms with Crippen molar-refractivity contribution in [3.63, 3.8) is 0 Å². The fourth-order valence-electron chi connectivity index (χ4n) is 3.49. The van der Waals surface area contributed by atoms with E-state index < -0.39 is 18.0 Å². The van der Waals surface area contributed by atoms with Gasteiger partial charge in [0.25, 0.3) is 5.91 Å². The van der Waals surface area contributed by atoms with Gasteiger partial charge in [0.15, 0.2) is 0 Å². The van der Waals surface area contributed by atoms with Crippen molar-refractivity contribution in [3.05, 3.63) is 24.0 Å². The number of allylic oxidation sites excluding steroid dienone is 1. The van der Waals surface area contributed by atoms with Gasteiger partial charge in [-0.2, -0.15) is 0 Å². The van der Waals surface area contributed by atoms with E-state index in [1.165, 1.54) is 4.90 Å². The number of urea groups is 1. The van der Waals surface area contributed by atoms with E-state index in [4.69, 9.17) is 4.74 Å². The second-order valence-electron chi connectivity index (χ2n) is 6.50. The first-order chi connectivity index (χ1) is 12.8. The number of esters is 1. The third-order valence-corrected chi connectivity index (χ3v) is 4.98. The molecule has 0 bridgehead atoms. The predicted molar refractivity (Wildman–Crippen MR) is 96.6 cm³/mol. The summed E-state index contributed by atoms with van der Waals surface area (Å²) in [5.74, 6) is 0.186. The molecule has 27 heavy (non-hydrogen) atoms. The van der Waals surface area contributed by atoms with Crippen LogP contribution in [0.2, 0.25) is 0 Å². The minimum atomic E-state index is -0.713. The predicted octanol–water partition coefficient (Wildman–Crippen LogP) is 1.01. The third-order valence-electron chi connectivity index (χ3n) is 4.98. The van der Waals surface area contributed by atoms with Crippen LogP contribution in [0.1, 0.15) is 30.8 Å². The SMILES string of the molecule is C=CC[n+]1c(C)c(C)n2c1N=C1C2C(=O)N(CCC(=O)OCC)C(=O)N1C. The van der Waals surface area contributed by atoms with Crippen molar-refractivity contribution in [2.75, 3.05) is 20.2 Å². The monoisotopic (exact) mass is 374 g/mol. The number of ether oxygens (including phenoxy) is 1. The number of carbonyl (C=O) groups is 3. The number of hydrogen-bond acceptors (Lipinski definition) is 5. The molecule has 0 saturated carbocycles. The van der Waals surface area contributed by atoms with E-state index >= 15 is 0 Å². The van der Waals surface area contributed by atoms with Crippen molar-refractivity contribution >= 4 is 29.7 Å². The molecule has 1 saturated heterocycles. The Hall–Kier alpha value is -2.97. The molecule has 0 N–H and O–H groups in total. The first-order valence-electron chi connectivity index (χ1n) is 8.88. The summed E-state index contributed by atoms with van der Waals surface area (Å²) < 4.78 is 8.70. The zero-order valence-corrected chi connectivity index (χ0v) is 16.1. The van der Waals surface area contributed by atoms with E-state index in [1.54, 1.807) is 20.0 Å². The molecule has 1 atom stereocenters. The third kappa shape index (κ3) is 2.83. The number of imide groups is 1. The van der Waals surface area contributed by atoms with Crippen molar-refractivity contribution in [2.45, 2.75) is 39.8 Å². The largest absolute Gasteiger partial charge is 0.466 e. The van der Waals surface area contributed by atoms with Gasteiger partial charge in [0.05, 0.1) is 19.6 Å². The van der Waals surface area contributed by atoms with Gasteiger partial charge in [-0.15, -0.1) is 0 Å². The van der Waals surface area contributed by atoms with Gasteiger partial charge >= 0.3 is 17.9 Å². The van der Waals surface area contributed by atoms with Crippen LogP contribution in [0.15, 0.2) is 17.6 Å². The number of likely N-dealkylation sites (N-methyl/N-ethyl adjacent to an activating group) is 1. The molecule has 1 unspecified atom stereocenters. The van der Waals surface area contributed by atoms with Crippen LogP contribution in [0.25, 0.3) is 0 Å². The Morgan fingerprint density at radius 3 is 2.70 bits per heavy atom. The Kier molecular flexibility index (Phi) is 4.86. The highest BCUT2D eigenvalue weighted by atomic mass is 16.5. The summed E-state index contributed by atoms with van der Waals surface area (Å²) in [6.45, 7) is 10.1. The van der Waals surface area contributed by atoms with Crippen molar-refractivity contribution in [3.8, 4) is 0 Å². The highest BCUT2D eigenvalue weighted by Crippen LogP contribution is 2.35. The maximum Gasteiger partial charge on any atom is 0.402 e. The number of imidazole rings is 1. The first-order valence-corrected chi connectivity index (χ1v) is 8.88. The zero-order chi connectivity index (χ0) is 19.9. The van der Waals surface area contributed by atoms with Gasteiger partial charge < -0.3 is 4.74 Å². The Labute approximate surface area is 157 Å². The molecule has 0 aliphatic carbocycles. The van der Waals surface area contributed by atoms with Crippen LogP contribution in [0.5, 0.6) is 0 Å². The highest BCUT2D eigenvalue weighted by Gasteiger charge is 2.54. The summed E-state index contributed by atoms with van der Waals surface area (Å²) in [6.07, 6.45) is 1.73. The maximum atomic E-state index is 13.1. The molecule has 144 valence electrons. The molecule has 3 amide bonds. The van der Waals surface area contributed by atoms with Crippen molar-refractivity contribution in [2.24, 2.45) is 4.99 Å². The van der Waals surface area contributed by atoms with E-state index in [1.807, 2.05) is 23.0 Å².